The van der Waals surface area contributed by atoms with Gasteiger partial charge in [-0.2, -0.15) is 0 Å². The van der Waals surface area contributed by atoms with Crippen LogP contribution in [0.1, 0.15) is 20.8 Å². The maximum atomic E-state index is 6.16. The zero-order valence-electron chi connectivity index (χ0n) is 13.0. The van der Waals surface area contributed by atoms with E-state index in [2.05, 4.69) is 18.2 Å². The number of benzene rings is 2. The van der Waals surface area contributed by atoms with E-state index >= 15 is 0 Å². The van der Waals surface area contributed by atoms with Gasteiger partial charge in [0.1, 0.15) is 5.75 Å². The maximum Gasteiger partial charge on any atom is 0.179 e. The molecule has 0 unspecified atom stereocenters. The molecule has 1 nitrogen and oxygen atoms in total. The summed E-state index contributed by atoms with van der Waals surface area (Å²) in [6.45, 7) is 5.88. The molecule has 0 spiro atoms. The van der Waals surface area contributed by atoms with E-state index < -0.39 is 0 Å². The van der Waals surface area contributed by atoms with Crippen LogP contribution in [0.3, 0.4) is 0 Å². The Bertz CT molecular complexity index is 686. The first-order chi connectivity index (χ1) is 10.6. The van der Waals surface area contributed by atoms with E-state index in [1.54, 1.807) is 0 Å². The highest BCUT2D eigenvalue weighted by atomic mass is 35.5. The van der Waals surface area contributed by atoms with Crippen molar-refractivity contribution in [3.05, 3.63) is 75.7 Å². The van der Waals surface area contributed by atoms with Gasteiger partial charge in [-0.25, -0.2) is 0 Å². The SMILES string of the molecule is C/C=C(/C)S/C(Oc1cccc(-c2ccccc2)c1)=C(\C)Cl. The van der Waals surface area contributed by atoms with Crippen LogP contribution in [-0.2, 0) is 0 Å². The summed E-state index contributed by atoms with van der Waals surface area (Å²) in [5, 5.41) is 1.36. The molecule has 2 rings (SSSR count). The monoisotopic (exact) mass is 330 g/mol. The molecule has 0 aliphatic heterocycles. The number of hydrogen-bond acceptors (Lipinski definition) is 2. The van der Waals surface area contributed by atoms with E-state index in [0.717, 1.165) is 16.2 Å². The zero-order valence-corrected chi connectivity index (χ0v) is 14.5. The Morgan fingerprint density at radius 1 is 1.00 bits per heavy atom. The molecule has 0 N–H and O–H groups in total. The highest BCUT2D eigenvalue weighted by Gasteiger charge is 2.08. The molecule has 2 aromatic rings. The lowest BCUT2D eigenvalue weighted by Gasteiger charge is -2.12. The predicted octanol–water partition coefficient (Wildman–Crippen LogP) is 6.82. The van der Waals surface area contributed by atoms with Crippen LogP contribution in [0.4, 0.5) is 0 Å². The van der Waals surface area contributed by atoms with Gasteiger partial charge in [0.15, 0.2) is 5.09 Å². The summed E-state index contributed by atoms with van der Waals surface area (Å²) in [5.41, 5.74) is 2.29. The largest absolute Gasteiger partial charge is 0.449 e. The number of allylic oxidation sites excluding steroid dienone is 3. The Hall–Kier alpha value is -1.64. The van der Waals surface area contributed by atoms with Crippen molar-refractivity contribution < 1.29 is 4.74 Å². The van der Waals surface area contributed by atoms with Gasteiger partial charge in [-0.1, -0.05) is 71.9 Å². The van der Waals surface area contributed by atoms with Crippen molar-refractivity contribution in [3.63, 3.8) is 0 Å². The van der Waals surface area contributed by atoms with E-state index in [-0.39, 0.29) is 0 Å². The van der Waals surface area contributed by atoms with E-state index in [0.29, 0.717) is 10.1 Å². The van der Waals surface area contributed by atoms with E-state index in [1.165, 1.54) is 17.3 Å². The second-order valence-electron chi connectivity index (χ2n) is 4.82. The minimum absolute atomic E-state index is 0.649. The fraction of sp³-hybridized carbons (Fsp3) is 0.158. The van der Waals surface area contributed by atoms with Crippen LogP contribution >= 0.6 is 23.4 Å². The number of thioether (sulfide) groups is 1. The maximum absolute atomic E-state index is 6.16. The fourth-order valence-electron chi connectivity index (χ4n) is 1.84. The third-order valence-corrected chi connectivity index (χ3v) is 4.51. The van der Waals surface area contributed by atoms with Gasteiger partial charge >= 0.3 is 0 Å². The van der Waals surface area contributed by atoms with E-state index in [4.69, 9.17) is 16.3 Å². The summed E-state index contributed by atoms with van der Waals surface area (Å²) in [4.78, 5) is 1.15. The Morgan fingerprint density at radius 3 is 2.32 bits per heavy atom. The van der Waals surface area contributed by atoms with Crippen LogP contribution in [0.2, 0.25) is 0 Å². The van der Waals surface area contributed by atoms with E-state index in [9.17, 15) is 0 Å². The molecule has 2 aromatic carbocycles. The average molecular weight is 331 g/mol. The minimum atomic E-state index is 0.649. The van der Waals surface area contributed by atoms with Crippen molar-refractivity contribution in [1.29, 1.82) is 0 Å². The molecule has 22 heavy (non-hydrogen) atoms. The Labute approximate surface area is 141 Å². The lowest BCUT2D eigenvalue weighted by molar-refractivity contribution is 0.464. The molecule has 0 saturated heterocycles. The summed E-state index contributed by atoms with van der Waals surface area (Å²) in [5.74, 6) is 0.785. The van der Waals surface area contributed by atoms with Crippen LogP contribution in [0, 0.1) is 0 Å². The highest BCUT2D eigenvalue weighted by Crippen LogP contribution is 2.33. The summed E-state index contributed by atoms with van der Waals surface area (Å²) < 4.78 is 5.98. The van der Waals surface area contributed by atoms with Crippen molar-refractivity contribution >= 4 is 23.4 Å². The highest BCUT2D eigenvalue weighted by molar-refractivity contribution is 8.06. The van der Waals surface area contributed by atoms with Crippen LogP contribution in [0.5, 0.6) is 5.75 Å². The number of halogens is 1. The van der Waals surface area contributed by atoms with Gasteiger partial charge < -0.3 is 4.74 Å². The third kappa shape index (κ3) is 4.69. The molecule has 0 bridgehead atoms. The second kappa shape index (κ2) is 8.11. The molecule has 114 valence electrons. The topological polar surface area (TPSA) is 9.23 Å². The quantitative estimate of drug-likeness (QED) is 0.556. The van der Waals surface area contributed by atoms with Crippen LogP contribution in [-0.4, -0.2) is 0 Å². The van der Waals surface area contributed by atoms with Gasteiger partial charge in [-0.15, -0.1) is 0 Å². The van der Waals surface area contributed by atoms with Crippen LogP contribution < -0.4 is 4.74 Å². The summed E-state index contributed by atoms with van der Waals surface area (Å²) in [7, 11) is 0. The molecule has 0 aliphatic rings. The first kappa shape index (κ1) is 16.7. The molecule has 0 atom stereocenters. The smallest absolute Gasteiger partial charge is 0.179 e. The predicted molar refractivity (Wildman–Crippen MR) is 98.1 cm³/mol. The molecule has 0 aliphatic carbocycles. The molecular formula is C19H19ClOS. The lowest BCUT2D eigenvalue weighted by Crippen LogP contribution is -1.93. The Kier molecular flexibility index (Phi) is 6.17. The molecule has 3 heteroatoms. The van der Waals surface area contributed by atoms with E-state index in [1.807, 2.05) is 63.2 Å². The molecule has 0 radical (unpaired) electrons. The fourth-order valence-corrected chi connectivity index (χ4v) is 2.69. The van der Waals surface area contributed by atoms with Gasteiger partial charge in [0.05, 0.1) is 5.03 Å². The number of ether oxygens (including phenoxy) is 1. The first-order valence-electron chi connectivity index (χ1n) is 7.10. The molecule has 0 amide bonds. The van der Waals surface area contributed by atoms with Gasteiger partial charge in [-0.3, -0.25) is 0 Å². The normalized spacial score (nSPS) is 12.8. The molecule has 0 saturated carbocycles. The molecule has 0 heterocycles. The third-order valence-electron chi connectivity index (χ3n) is 3.09. The summed E-state index contributed by atoms with van der Waals surface area (Å²) in [6.07, 6.45) is 2.04. The molecular weight excluding hydrogens is 312 g/mol. The van der Waals surface area contributed by atoms with Crippen molar-refractivity contribution in [2.45, 2.75) is 20.8 Å². The van der Waals surface area contributed by atoms with Crippen molar-refractivity contribution in [2.24, 2.45) is 0 Å². The summed E-state index contributed by atoms with van der Waals surface area (Å²) in [6, 6.07) is 18.3. The van der Waals surface area contributed by atoms with Crippen LogP contribution in [0.15, 0.2) is 75.7 Å². The Balaban J connectivity index is 2.25. The van der Waals surface area contributed by atoms with Gasteiger partial charge in [0.25, 0.3) is 0 Å². The average Bonchev–Trinajstić information content (AvgIpc) is 2.55. The lowest BCUT2D eigenvalue weighted by atomic mass is 10.1. The van der Waals surface area contributed by atoms with Gasteiger partial charge in [-0.05, 0) is 48.9 Å². The molecule has 0 aromatic heterocycles. The van der Waals surface area contributed by atoms with Gasteiger partial charge in [0, 0.05) is 0 Å². The van der Waals surface area contributed by atoms with Crippen LogP contribution in [0.25, 0.3) is 11.1 Å². The second-order valence-corrected chi connectivity index (χ2v) is 6.60. The summed E-state index contributed by atoms with van der Waals surface area (Å²) >= 11 is 7.69. The van der Waals surface area contributed by atoms with Crippen molar-refractivity contribution in [2.75, 3.05) is 0 Å². The minimum Gasteiger partial charge on any atom is -0.449 e. The number of rotatable bonds is 5. The van der Waals surface area contributed by atoms with Crippen molar-refractivity contribution in [3.8, 4) is 16.9 Å². The zero-order chi connectivity index (χ0) is 15.9. The Morgan fingerprint density at radius 2 is 1.68 bits per heavy atom. The molecule has 0 fully saturated rings. The first-order valence-corrected chi connectivity index (χ1v) is 8.30. The van der Waals surface area contributed by atoms with Gasteiger partial charge in [0.2, 0.25) is 0 Å². The number of hydrogen-bond donors (Lipinski definition) is 0. The van der Waals surface area contributed by atoms with Crippen molar-refractivity contribution in [1.82, 2.24) is 0 Å². The standard InChI is InChI=1S/C19H19ClOS/c1-4-14(2)22-19(15(3)20)21-18-12-8-11-17(13-18)16-9-6-5-7-10-16/h4-13H,1-3H3/b14-4-,19-15+.